The highest BCUT2D eigenvalue weighted by Crippen LogP contribution is 2.17. The lowest BCUT2D eigenvalue weighted by atomic mass is 10.2. The van der Waals surface area contributed by atoms with E-state index in [-0.39, 0.29) is 24.7 Å². The van der Waals surface area contributed by atoms with Crippen LogP contribution in [-0.4, -0.2) is 47.2 Å². The summed E-state index contributed by atoms with van der Waals surface area (Å²) in [7, 11) is 1.74. The first-order valence-electron chi connectivity index (χ1n) is 9.73. The van der Waals surface area contributed by atoms with Gasteiger partial charge in [0.15, 0.2) is 0 Å². The van der Waals surface area contributed by atoms with E-state index in [1.165, 1.54) is 12.1 Å². The van der Waals surface area contributed by atoms with Gasteiger partial charge in [-0.3, -0.25) is 4.79 Å². The average molecular weight is 414 g/mol. The minimum Gasteiger partial charge on any atom is -0.392 e. The predicted molar refractivity (Wildman–Crippen MR) is 115 cm³/mol. The first kappa shape index (κ1) is 23.1. The van der Waals surface area contributed by atoms with E-state index in [1.54, 1.807) is 25.4 Å². The Balaban J connectivity index is 1.80. The van der Waals surface area contributed by atoms with Crippen LogP contribution in [0.25, 0.3) is 0 Å². The number of carbonyl (C=O) groups excluding carboxylic acids is 1. The van der Waals surface area contributed by atoms with Crippen LogP contribution in [0, 0.1) is 17.7 Å². The predicted octanol–water partition coefficient (Wildman–Crippen LogP) is 1.75. The van der Waals surface area contributed by atoms with E-state index in [0.29, 0.717) is 48.8 Å². The maximum atomic E-state index is 13.0. The summed E-state index contributed by atoms with van der Waals surface area (Å²) in [5.74, 6) is 6.60. The van der Waals surface area contributed by atoms with Crippen molar-refractivity contribution in [2.75, 3.05) is 30.8 Å². The van der Waals surface area contributed by atoms with Crippen LogP contribution in [0.15, 0.2) is 30.5 Å². The van der Waals surface area contributed by atoms with Gasteiger partial charge in [0.2, 0.25) is 11.9 Å². The maximum absolute atomic E-state index is 13.0. The third-order valence-electron chi connectivity index (χ3n) is 4.13. The van der Waals surface area contributed by atoms with E-state index in [1.807, 2.05) is 0 Å². The van der Waals surface area contributed by atoms with Crippen LogP contribution in [-0.2, 0) is 4.79 Å². The monoisotopic (exact) mass is 414 g/mol. The SMILES string of the molecule is CNc1nc(Nc2ccc(F)cc2)ncc1C#CCCCNC(=O)CC[C@H](O)CN. The van der Waals surface area contributed by atoms with Crippen LogP contribution >= 0.6 is 0 Å². The van der Waals surface area contributed by atoms with Gasteiger partial charge in [-0.2, -0.15) is 4.98 Å². The fourth-order valence-electron chi connectivity index (χ4n) is 2.45. The van der Waals surface area contributed by atoms with E-state index >= 15 is 0 Å². The molecular weight excluding hydrogens is 387 g/mol. The number of aliphatic hydroxyl groups is 1. The van der Waals surface area contributed by atoms with Gasteiger partial charge in [0.25, 0.3) is 0 Å². The Hall–Kier alpha value is -3.22. The van der Waals surface area contributed by atoms with Crippen LogP contribution < -0.4 is 21.7 Å². The summed E-state index contributed by atoms with van der Waals surface area (Å²) >= 11 is 0. The molecule has 0 radical (unpaired) electrons. The molecule has 0 unspecified atom stereocenters. The van der Waals surface area contributed by atoms with Crippen molar-refractivity contribution >= 4 is 23.4 Å². The number of rotatable bonds is 10. The Bertz CT molecular complexity index is 879. The lowest BCUT2D eigenvalue weighted by Crippen LogP contribution is -2.27. The number of unbranched alkanes of at least 4 members (excludes halogenated alkanes) is 1. The number of carbonyl (C=O) groups is 1. The first-order chi connectivity index (χ1) is 14.5. The average Bonchev–Trinajstić information content (AvgIpc) is 2.76. The second-order valence-corrected chi connectivity index (χ2v) is 6.52. The smallest absolute Gasteiger partial charge is 0.229 e. The molecule has 2 aromatic rings. The molecule has 8 nitrogen and oxygen atoms in total. The fourth-order valence-corrected chi connectivity index (χ4v) is 2.45. The van der Waals surface area contributed by atoms with Crippen molar-refractivity contribution in [1.82, 2.24) is 15.3 Å². The highest BCUT2D eigenvalue weighted by atomic mass is 19.1. The zero-order valence-electron chi connectivity index (χ0n) is 16.9. The molecule has 2 rings (SSSR count). The molecule has 30 heavy (non-hydrogen) atoms. The summed E-state index contributed by atoms with van der Waals surface area (Å²) in [6.07, 6.45) is 2.90. The van der Waals surface area contributed by atoms with Gasteiger partial charge in [-0.05, 0) is 37.1 Å². The molecule has 0 fully saturated rings. The molecule has 6 N–H and O–H groups in total. The second kappa shape index (κ2) is 12.4. The first-order valence-corrected chi connectivity index (χ1v) is 9.73. The lowest BCUT2D eigenvalue weighted by Gasteiger charge is -2.08. The van der Waals surface area contributed by atoms with Gasteiger partial charge < -0.3 is 26.8 Å². The quantitative estimate of drug-likeness (QED) is 0.296. The second-order valence-electron chi connectivity index (χ2n) is 6.52. The van der Waals surface area contributed by atoms with E-state index in [9.17, 15) is 14.3 Å². The van der Waals surface area contributed by atoms with Gasteiger partial charge in [-0.15, -0.1) is 0 Å². The summed E-state index contributed by atoms with van der Waals surface area (Å²) in [5.41, 5.74) is 6.64. The highest BCUT2D eigenvalue weighted by Gasteiger charge is 2.06. The molecule has 0 aliphatic carbocycles. The van der Waals surface area contributed by atoms with Crippen molar-refractivity contribution in [1.29, 1.82) is 0 Å². The van der Waals surface area contributed by atoms with Gasteiger partial charge in [0.1, 0.15) is 11.6 Å². The number of nitrogens with one attached hydrogen (secondary N) is 3. The summed E-state index contributed by atoms with van der Waals surface area (Å²) in [6.45, 7) is 0.673. The van der Waals surface area contributed by atoms with Gasteiger partial charge in [-0.25, -0.2) is 9.37 Å². The molecule has 1 amide bonds. The molecule has 0 aliphatic rings. The van der Waals surface area contributed by atoms with Crippen molar-refractivity contribution in [2.45, 2.75) is 31.8 Å². The molecule has 0 aliphatic heterocycles. The number of aliphatic hydroxyl groups excluding tert-OH is 1. The van der Waals surface area contributed by atoms with Crippen molar-refractivity contribution in [2.24, 2.45) is 5.73 Å². The molecule has 1 aromatic heterocycles. The van der Waals surface area contributed by atoms with Gasteiger partial charge in [0, 0.05) is 38.7 Å². The molecule has 160 valence electrons. The molecule has 1 heterocycles. The third-order valence-corrected chi connectivity index (χ3v) is 4.13. The topological polar surface area (TPSA) is 125 Å². The van der Waals surface area contributed by atoms with Crippen LogP contribution in [0.3, 0.4) is 0 Å². The number of nitrogens with zero attached hydrogens (tertiary/aromatic N) is 2. The lowest BCUT2D eigenvalue weighted by molar-refractivity contribution is -0.121. The zero-order chi connectivity index (χ0) is 21.8. The van der Waals surface area contributed by atoms with Gasteiger partial charge >= 0.3 is 0 Å². The number of amides is 1. The Morgan fingerprint density at radius 2 is 2.10 bits per heavy atom. The molecule has 9 heteroatoms. The minimum absolute atomic E-state index is 0.106. The maximum Gasteiger partial charge on any atom is 0.229 e. The Kier molecular flexibility index (Phi) is 9.51. The normalized spacial score (nSPS) is 11.2. The van der Waals surface area contributed by atoms with E-state index in [4.69, 9.17) is 5.73 Å². The van der Waals surface area contributed by atoms with Gasteiger partial charge in [-0.1, -0.05) is 11.8 Å². The molecule has 0 saturated carbocycles. The Morgan fingerprint density at radius 3 is 2.80 bits per heavy atom. The molecule has 1 atom stereocenters. The summed E-state index contributed by atoms with van der Waals surface area (Å²) in [5, 5.41) is 18.1. The van der Waals surface area contributed by atoms with E-state index < -0.39 is 6.10 Å². The van der Waals surface area contributed by atoms with Crippen LogP contribution in [0.2, 0.25) is 0 Å². The van der Waals surface area contributed by atoms with Crippen molar-refractivity contribution in [3.63, 3.8) is 0 Å². The summed E-state index contributed by atoms with van der Waals surface area (Å²) in [6, 6.07) is 5.91. The van der Waals surface area contributed by atoms with Crippen LogP contribution in [0.4, 0.5) is 21.8 Å². The van der Waals surface area contributed by atoms with Crippen LogP contribution in [0.1, 0.15) is 31.2 Å². The van der Waals surface area contributed by atoms with Crippen LogP contribution in [0.5, 0.6) is 0 Å². The standard InChI is InChI=1S/C21H27FN6O2/c1-24-20-15(5-3-2-4-12-25-19(30)11-10-18(29)13-23)14-26-21(28-20)27-17-8-6-16(22)7-9-17/h6-9,14,18,29H,2,4,10-13,23H2,1H3,(H,25,30)(H2,24,26,27,28)/t18-/m0/s1. The number of benzene rings is 1. The summed E-state index contributed by atoms with van der Waals surface area (Å²) < 4.78 is 13.0. The largest absolute Gasteiger partial charge is 0.392 e. The number of hydrogen-bond acceptors (Lipinski definition) is 7. The zero-order valence-corrected chi connectivity index (χ0v) is 16.9. The molecule has 0 bridgehead atoms. The number of halogens is 1. The minimum atomic E-state index is -0.637. The molecule has 0 saturated heterocycles. The highest BCUT2D eigenvalue weighted by molar-refractivity contribution is 5.75. The molecule has 0 spiro atoms. The number of nitrogens with two attached hydrogens (primary N) is 1. The Labute approximate surface area is 175 Å². The third kappa shape index (κ3) is 8.03. The van der Waals surface area contributed by atoms with Crippen molar-refractivity contribution in [3.8, 4) is 11.8 Å². The number of aromatic nitrogens is 2. The number of hydrogen-bond donors (Lipinski definition) is 5. The fraction of sp³-hybridized carbons (Fsp3) is 0.381. The number of anilines is 3. The Morgan fingerprint density at radius 1 is 1.33 bits per heavy atom. The van der Waals surface area contributed by atoms with Crippen molar-refractivity contribution in [3.05, 3.63) is 41.8 Å². The van der Waals surface area contributed by atoms with E-state index in [0.717, 1.165) is 0 Å². The summed E-state index contributed by atoms with van der Waals surface area (Å²) in [4.78, 5) is 20.2. The van der Waals surface area contributed by atoms with Gasteiger partial charge in [0.05, 0.1) is 17.9 Å². The molecule has 1 aromatic carbocycles. The molecular formula is C21H27FN6O2. The van der Waals surface area contributed by atoms with Crippen molar-refractivity contribution < 1.29 is 14.3 Å². The van der Waals surface area contributed by atoms with E-state index in [2.05, 4.69) is 37.8 Å².